The Morgan fingerprint density at radius 1 is 1.15 bits per heavy atom. The van der Waals surface area contributed by atoms with E-state index in [0.29, 0.717) is 5.92 Å². The van der Waals surface area contributed by atoms with Crippen LogP contribution in [0.15, 0.2) is 0 Å². The summed E-state index contributed by atoms with van der Waals surface area (Å²) in [7, 11) is 0. The van der Waals surface area contributed by atoms with Gasteiger partial charge in [0.15, 0.2) is 28.8 Å². The van der Waals surface area contributed by atoms with E-state index in [2.05, 4.69) is 6.92 Å². The van der Waals surface area contributed by atoms with E-state index in [0.717, 1.165) is 38.9 Å². The normalized spacial score (nSPS) is 29.1. The van der Waals surface area contributed by atoms with Gasteiger partial charge in [0, 0.05) is 12.8 Å². The van der Waals surface area contributed by atoms with Crippen LogP contribution in [0.4, 0.5) is 0 Å². The van der Waals surface area contributed by atoms with E-state index in [9.17, 15) is 0 Å². The molecule has 118 valence electrons. The highest BCUT2D eigenvalue weighted by Gasteiger charge is 2.38. The van der Waals surface area contributed by atoms with Gasteiger partial charge in [-0.15, -0.1) is 0 Å². The molecule has 4 nitrogen and oxygen atoms in total. The van der Waals surface area contributed by atoms with Crippen molar-refractivity contribution in [1.29, 1.82) is 0 Å². The largest absolute Gasteiger partial charge is 0.348 e. The predicted molar refractivity (Wildman–Crippen MR) is 85.3 cm³/mol. The van der Waals surface area contributed by atoms with Crippen molar-refractivity contribution in [3.05, 3.63) is 0 Å². The monoisotopic (exact) mass is 398 g/mol. The summed E-state index contributed by atoms with van der Waals surface area (Å²) in [5.41, 5.74) is 0. The third-order valence-electron chi connectivity index (χ3n) is 4.62. The summed E-state index contributed by atoms with van der Waals surface area (Å²) in [5.74, 6) is 0.272. The molecule has 2 fully saturated rings. The third-order valence-corrected chi connectivity index (χ3v) is 4.83. The molecule has 0 amide bonds. The molecule has 5 heteroatoms. The van der Waals surface area contributed by atoms with Crippen LogP contribution in [0.3, 0.4) is 0 Å². The smallest absolute Gasteiger partial charge is 0.168 e. The number of unbranched alkanes of at least 4 members (excludes halogenated alkanes) is 2. The Balaban J connectivity index is 1.79. The lowest BCUT2D eigenvalue weighted by atomic mass is 9.93. The van der Waals surface area contributed by atoms with Crippen LogP contribution in [-0.4, -0.2) is 25.1 Å². The summed E-state index contributed by atoms with van der Waals surface area (Å²) in [6.45, 7) is 3.72. The van der Waals surface area contributed by atoms with Gasteiger partial charge in [-0.25, -0.2) is 4.89 Å². The minimum Gasteiger partial charge on any atom is -0.348 e. The van der Waals surface area contributed by atoms with Crippen LogP contribution >= 0.6 is 23.0 Å². The highest BCUT2D eigenvalue weighted by Crippen LogP contribution is 2.37. The fourth-order valence-corrected chi connectivity index (χ4v) is 3.73. The summed E-state index contributed by atoms with van der Waals surface area (Å²) in [6, 6.07) is 0. The fraction of sp³-hybridized carbons (Fsp3) is 1.00. The third kappa shape index (κ3) is 4.80. The topological polar surface area (TPSA) is 36.9 Å². The van der Waals surface area contributed by atoms with Crippen molar-refractivity contribution in [2.24, 2.45) is 5.92 Å². The first-order valence-corrected chi connectivity index (χ1v) is 8.90. The van der Waals surface area contributed by atoms with Gasteiger partial charge in [-0.2, -0.15) is 3.22 Å². The van der Waals surface area contributed by atoms with Crippen LogP contribution in [0, 0.1) is 5.92 Å². The molecule has 0 bridgehead atoms. The van der Waals surface area contributed by atoms with E-state index in [1.54, 1.807) is 0 Å². The summed E-state index contributed by atoms with van der Waals surface area (Å²) in [5, 5.41) is 0. The maximum Gasteiger partial charge on any atom is 0.168 e. The lowest BCUT2D eigenvalue weighted by Gasteiger charge is -2.29. The molecule has 2 atom stereocenters. The van der Waals surface area contributed by atoms with E-state index < -0.39 is 0 Å². The molecule has 1 aliphatic heterocycles. The average Bonchev–Trinajstić information content (AvgIpc) is 3.08. The van der Waals surface area contributed by atoms with E-state index in [4.69, 9.17) is 17.6 Å². The first kappa shape index (κ1) is 16.9. The molecule has 1 heterocycles. The number of halogens is 1. The summed E-state index contributed by atoms with van der Waals surface area (Å²) in [6.07, 6.45) is 10.6. The molecule has 2 rings (SSSR count). The van der Waals surface area contributed by atoms with Gasteiger partial charge in [-0.05, 0) is 31.6 Å². The van der Waals surface area contributed by atoms with E-state index in [1.165, 1.54) is 32.1 Å². The number of ether oxygens (including phenoxy) is 2. The molecule has 0 N–H and O–H groups in total. The molecule has 0 radical (unpaired) electrons. The van der Waals surface area contributed by atoms with Crippen LogP contribution < -0.4 is 0 Å². The number of hydrogen-bond donors (Lipinski definition) is 0. The van der Waals surface area contributed by atoms with Crippen LogP contribution in [0.2, 0.25) is 0 Å². The van der Waals surface area contributed by atoms with Crippen molar-refractivity contribution in [2.45, 2.75) is 76.6 Å². The molecular weight excluding hydrogens is 371 g/mol. The Hall–Kier alpha value is 0.570. The molecule has 1 saturated heterocycles. The number of rotatable bonds is 9. The van der Waals surface area contributed by atoms with Crippen LogP contribution in [-0.2, 0) is 17.6 Å². The molecule has 0 aromatic rings. The van der Waals surface area contributed by atoms with Crippen molar-refractivity contribution in [2.75, 3.05) is 13.2 Å². The summed E-state index contributed by atoms with van der Waals surface area (Å²) in [4.78, 5) is 5.37. The molecule has 0 aromatic heterocycles. The van der Waals surface area contributed by atoms with Gasteiger partial charge < -0.3 is 9.47 Å². The Morgan fingerprint density at radius 3 is 2.65 bits per heavy atom. The minimum absolute atomic E-state index is 0.251. The zero-order chi connectivity index (χ0) is 14.3. The number of hydrogen-bond acceptors (Lipinski definition) is 4. The van der Waals surface area contributed by atoms with Crippen molar-refractivity contribution in [1.82, 2.24) is 0 Å². The second kappa shape index (κ2) is 8.88. The first-order valence-electron chi connectivity index (χ1n) is 8.01. The van der Waals surface area contributed by atoms with E-state index in [-0.39, 0.29) is 11.9 Å². The predicted octanol–water partition coefficient (Wildman–Crippen LogP) is 4.56. The van der Waals surface area contributed by atoms with Gasteiger partial charge >= 0.3 is 0 Å². The molecule has 2 aliphatic rings. The molecule has 2 unspecified atom stereocenters. The lowest BCUT2D eigenvalue weighted by Crippen LogP contribution is -2.32. The maximum absolute atomic E-state index is 5.95. The van der Waals surface area contributed by atoms with Crippen LogP contribution in [0.25, 0.3) is 0 Å². The van der Waals surface area contributed by atoms with Crippen LogP contribution in [0.1, 0.15) is 64.7 Å². The lowest BCUT2D eigenvalue weighted by molar-refractivity contribution is -0.222. The van der Waals surface area contributed by atoms with Crippen molar-refractivity contribution in [3.8, 4) is 0 Å². The van der Waals surface area contributed by atoms with Gasteiger partial charge in [0.05, 0.1) is 19.3 Å². The van der Waals surface area contributed by atoms with Crippen molar-refractivity contribution >= 4 is 23.0 Å². The molecule has 0 aromatic carbocycles. The molecule has 20 heavy (non-hydrogen) atoms. The SMILES string of the molecule is CCCCCC1(CCC2CCCC2OOI)OCCO1. The van der Waals surface area contributed by atoms with Gasteiger partial charge in [-0.1, -0.05) is 26.2 Å². The fourth-order valence-electron chi connectivity index (χ4n) is 3.47. The first-order chi connectivity index (χ1) is 9.79. The van der Waals surface area contributed by atoms with Crippen molar-refractivity contribution in [3.63, 3.8) is 0 Å². The van der Waals surface area contributed by atoms with Gasteiger partial charge in [0.2, 0.25) is 0 Å². The molecule has 1 aliphatic carbocycles. The van der Waals surface area contributed by atoms with Crippen LogP contribution in [0.5, 0.6) is 0 Å². The molecule has 1 saturated carbocycles. The van der Waals surface area contributed by atoms with Gasteiger partial charge in [0.1, 0.15) is 0 Å². The zero-order valence-corrected chi connectivity index (χ0v) is 14.6. The Morgan fingerprint density at radius 2 is 1.95 bits per heavy atom. The minimum atomic E-state index is -0.312. The summed E-state index contributed by atoms with van der Waals surface area (Å²) >= 11 is 1.81. The van der Waals surface area contributed by atoms with E-state index in [1.807, 2.05) is 23.0 Å². The van der Waals surface area contributed by atoms with E-state index >= 15 is 0 Å². The Bertz CT molecular complexity index is 269. The summed E-state index contributed by atoms with van der Waals surface area (Å²) < 4.78 is 16.7. The van der Waals surface area contributed by atoms with Gasteiger partial charge in [-0.3, -0.25) is 0 Å². The van der Waals surface area contributed by atoms with Gasteiger partial charge in [0.25, 0.3) is 0 Å². The second-order valence-electron chi connectivity index (χ2n) is 5.99. The second-order valence-corrected chi connectivity index (χ2v) is 6.35. The molecular formula is C15H27IO4. The standard InChI is InChI=1S/C15H27IO4/c1-2-3-4-9-15(17-11-12-18-15)10-8-13-6-5-7-14(13)19-20-16/h13-14H,2-12H2,1H3. The average molecular weight is 398 g/mol. The Kier molecular flexibility index (Phi) is 7.52. The Labute approximate surface area is 136 Å². The highest BCUT2D eigenvalue weighted by molar-refractivity contribution is 14.1. The molecule has 0 spiro atoms. The quantitative estimate of drug-likeness (QED) is 0.247. The highest BCUT2D eigenvalue weighted by atomic mass is 127. The zero-order valence-electron chi connectivity index (χ0n) is 12.4. The maximum atomic E-state index is 5.95. The van der Waals surface area contributed by atoms with Crippen molar-refractivity contribution < 1.29 is 17.6 Å².